The molecule has 1 aliphatic carbocycles. The van der Waals surface area contributed by atoms with Gasteiger partial charge in [-0.15, -0.1) is 0 Å². The van der Waals surface area contributed by atoms with E-state index in [9.17, 15) is 8.42 Å². The molecule has 21 heavy (non-hydrogen) atoms. The average Bonchev–Trinajstić information content (AvgIpc) is 2.47. The van der Waals surface area contributed by atoms with Crippen molar-refractivity contribution in [2.75, 3.05) is 32.4 Å². The minimum atomic E-state index is -3.44. The molecular weight excluding hydrogens is 306 g/mol. The molecule has 0 bridgehead atoms. The quantitative estimate of drug-likeness (QED) is 0.791. The minimum absolute atomic E-state index is 0.130. The van der Waals surface area contributed by atoms with Crippen LogP contribution in [0.3, 0.4) is 0 Å². The van der Waals surface area contributed by atoms with Crippen molar-refractivity contribution in [2.45, 2.75) is 43.8 Å². The fraction of sp³-hybridized carbons (Fsp3) is 0.929. The van der Waals surface area contributed by atoms with Crippen LogP contribution in [-0.4, -0.2) is 54.2 Å². The highest BCUT2D eigenvalue weighted by Gasteiger charge is 2.42. The van der Waals surface area contributed by atoms with Crippen molar-refractivity contribution in [1.82, 2.24) is 8.61 Å². The second-order valence-corrected chi connectivity index (χ2v) is 9.84. The number of nitrogens with zero attached hydrogens (tertiary/aromatic N) is 3. The van der Waals surface area contributed by atoms with Crippen LogP contribution >= 0.6 is 11.8 Å². The topological polar surface area (TPSA) is 64.4 Å². The SMILES string of the molecule is CC(C#N)CN(C)S(=O)(=O)N1CCSC2(CCCCC2)C1. The van der Waals surface area contributed by atoms with Crippen molar-refractivity contribution in [3.63, 3.8) is 0 Å². The molecule has 1 saturated heterocycles. The van der Waals surface area contributed by atoms with Crippen LogP contribution in [0.15, 0.2) is 0 Å². The zero-order valence-electron chi connectivity index (χ0n) is 12.9. The summed E-state index contributed by atoms with van der Waals surface area (Å²) >= 11 is 1.96. The molecule has 0 aromatic rings. The Morgan fingerprint density at radius 3 is 2.67 bits per heavy atom. The Morgan fingerprint density at radius 2 is 2.05 bits per heavy atom. The van der Waals surface area contributed by atoms with E-state index in [1.807, 2.05) is 11.8 Å². The summed E-state index contributed by atoms with van der Waals surface area (Å²) in [5.74, 6) is 0.591. The van der Waals surface area contributed by atoms with Crippen LogP contribution in [0.1, 0.15) is 39.0 Å². The predicted molar refractivity (Wildman–Crippen MR) is 86.2 cm³/mol. The van der Waals surface area contributed by atoms with E-state index in [2.05, 4.69) is 6.07 Å². The van der Waals surface area contributed by atoms with E-state index in [0.717, 1.165) is 18.6 Å². The lowest BCUT2D eigenvalue weighted by molar-refractivity contribution is 0.286. The normalized spacial score (nSPS) is 24.9. The summed E-state index contributed by atoms with van der Waals surface area (Å²) in [5, 5.41) is 8.87. The maximum atomic E-state index is 12.7. The monoisotopic (exact) mass is 331 g/mol. The Hall–Kier alpha value is -0.290. The summed E-state index contributed by atoms with van der Waals surface area (Å²) in [4.78, 5) is 0. The first-order valence-electron chi connectivity index (χ1n) is 7.65. The number of rotatable bonds is 4. The zero-order chi connectivity index (χ0) is 15.5. The van der Waals surface area contributed by atoms with Crippen molar-refractivity contribution in [3.05, 3.63) is 0 Å². The molecule has 7 heteroatoms. The first-order chi connectivity index (χ1) is 9.89. The Balaban J connectivity index is 2.07. The lowest BCUT2D eigenvalue weighted by atomic mass is 9.88. The van der Waals surface area contributed by atoms with Crippen molar-refractivity contribution < 1.29 is 8.42 Å². The van der Waals surface area contributed by atoms with Gasteiger partial charge >= 0.3 is 0 Å². The van der Waals surface area contributed by atoms with Gasteiger partial charge in [-0.3, -0.25) is 0 Å². The molecule has 2 fully saturated rings. The maximum Gasteiger partial charge on any atom is 0.281 e. The number of hydrogen-bond acceptors (Lipinski definition) is 4. The highest BCUT2D eigenvalue weighted by Crippen LogP contribution is 2.43. The van der Waals surface area contributed by atoms with Gasteiger partial charge in [0.05, 0.1) is 12.0 Å². The fourth-order valence-electron chi connectivity index (χ4n) is 3.22. The Kier molecular flexibility index (Phi) is 5.58. The van der Waals surface area contributed by atoms with E-state index >= 15 is 0 Å². The van der Waals surface area contributed by atoms with Crippen LogP contribution in [0.25, 0.3) is 0 Å². The van der Waals surface area contributed by atoms with Crippen molar-refractivity contribution >= 4 is 22.0 Å². The number of thioether (sulfide) groups is 1. The van der Waals surface area contributed by atoms with E-state index < -0.39 is 10.2 Å². The van der Waals surface area contributed by atoms with Crippen LogP contribution in [0, 0.1) is 17.2 Å². The average molecular weight is 332 g/mol. The zero-order valence-corrected chi connectivity index (χ0v) is 14.5. The summed E-state index contributed by atoms with van der Waals surface area (Å²) in [5.41, 5.74) is 0. The van der Waals surface area contributed by atoms with Gasteiger partial charge in [-0.2, -0.15) is 34.1 Å². The van der Waals surface area contributed by atoms with Gasteiger partial charge in [-0.25, -0.2) is 0 Å². The van der Waals surface area contributed by atoms with Gasteiger partial charge in [-0.05, 0) is 19.8 Å². The van der Waals surface area contributed by atoms with E-state index in [4.69, 9.17) is 5.26 Å². The van der Waals surface area contributed by atoms with Crippen LogP contribution in [0.2, 0.25) is 0 Å². The van der Waals surface area contributed by atoms with E-state index in [0.29, 0.717) is 13.1 Å². The number of hydrogen-bond donors (Lipinski definition) is 0. The smallest absolute Gasteiger partial charge is 0.198 e. The molecule has 2 rings (SSSR count). The highest BCUT2D eigenvalue weighted by molar-refractivity contribution is 8.00. The third kappa shape index (κ3) is 3.92. The molecule has 5 nitrogen and oxygen atoms in total. The van der Waals surface area contributed by atoms with Gasteiger partial charge in [0.15, 0.2) is 0 Å². The summed E-state index contributed by atoms with van der Waals surface area (Å²) in [6.45, 7) is 3.22. The molecule has 1 saturated carbocycles. The van der Waals surface area contributed by atoms with E-state index in [-0.39, 0.29) is 17.2 Å². The Labute approximate surface area is 132 Å². The third-order valence-electron chi connectivity index (χ3n) is 4.45. The largest absolute Gasteiger partial charge is 0.281 e. The maximum absolute atomic E-state index is 12.7. The van der Waals surface area contributed by atoms with Gasteiger partial charge in [-0.1, -0.05) is 19.3 Å². The van der Waals surface area contributed by atoms with Crippen LogP contribution in [0.4, 0.5) is 0 Å². The molecule has 1 atom stereocenters. The Morgan fingerprint density at radius 1 is 1.38 bits per heavy atom. The second-order valence-electron chi connectivity index (χ2n) is 6.24. The van der Waals surface area contributed by atoms with Crippen molar-refractivity contribution in [3.8, 4) is 6.07 Å². The van der Waals surface area contributed by atoms with Gasteiger partial charge < -0.3 is 0 Å². The van der Waals surface area contributed by atoms with E-state index in [1.165, 1.54) is 23.6 Å². The molecule has 0 N–H and O–H groups in total. The number of nitriles is 1. The summed E-state index contributed by atoms with van der Waals surface area (Å²) < 4.78 is 28.5. The molecule has 1 unspecified atom stereocenters. The summed E-state index contributed by atoms with van der Waals surface area (Å²) in [7, 11) is -1.86. The third-order valence-corrected chi connectivity index (χ3v) is 7.89. The summed E-state index contributed by atoms with van der Waals surface area (Å²) in [6.07, 6.45) is 5.95. The lowest BCUT2D eigenvalue weighted by Gasteiger charge is -2.44. The molecule has 2 aliphatic rings. The molecule has 1 heterocycles. The molecule has 0 amide bonds. The first kappa shape index (κ1) is 17.1. The van der Waals surface area contributed by atoms with Gasteiger partial charge in [0.1, 0.15) is 0 Å². The molecule has 120 valence electrons. The fourth-order valence-corrected chi connectivity index (χ4v) is 6.53. The lowest BCUT2D eigenvalue weighted by Crippen LogP contribution is -2.53. The van der Waals surface area contributed by atoms with Crippen LogP contribution < -0.4 is 0 Å². The molecular formula is C14H25N3O2S2. The predicted octanol–water partition coefficient (Wildman–Crippen LogP) is 2.07. The van der Waals surface area contributed by atoms with Gasteiger partial charge in [0, 0.05) is 37.2 Å². The van der Waals surface area contributed by atoms with Crippen molar-refractivity contribution in [1.29, 1.82) is 5.26 Å². The van der Waals surface area contributed by atoms with Crippen molar-refractivity contribution in [2.24, 2.45) is 5.92 Å². The van der Waals surface area contributed by atoms with Crippen LogP contribution in [0.5, 0.6) is 0 Å². The second kappa shape index (κ2) is 6.86. The minimum Gasteiger partial charge on any atom is -0.198 e. The van der Waals surface area contributed by atoms with Gasteiger partial charge in [0.25, 0.3) is 10.2 Å². The first-order valence-corrected chi connectivity index (χ1v) is 10.0. The molecule has 1 aliphatic heterocycles. The summed E-state index contributed by atoms with van der Waals surface area (Å²) in [6, 6.07) is 2.10. The molecule has 0 aromatic carbocycles. The molecule has 0 aromatic heterocycles. The molecule has 0 radical (unpaired) electrons. The van der Waals surface area contributed by atoms with Crippen LogP contribution in [-0.2, 0) is 10.2 Å². The van der Waals surface area contributed by atoms with E-state index in [1.54, 1.807) is 18.3 Å². The highest BCUT2D eigenvalue weighted by atomic mass is 32.2. The van der Waals surface area contributed by atoms with Gasteiger partial charge in [0.2, 0.25) is 0 Å². The molecule has 1 spiro atoms. The Bertz CT molecular complexity index is 489. The standard InChI is InChI=1S/C14H25N3O2S2/c1-13(10-15)11-16(2)21(18,19)17-8-9-20-14(12-17)6-4-3-5-7-14/h13H,3-9,11-12H2,1-2H3.